The summed E-state index contributed by atoms with van der Waals surface area (Å²) >= 11 is 3.41. The van der Waals surface area contributed by atoms with Crippen molar-refractivity contribution in [3.05, 3.63) is 62.6 Å². The summed E-state index contributed by atoms with van der Waals surface area (Å²) in [6.45, 7) is 4.87. The van der Waals surface area contributed by atoms with Gasteiger partial charge in [0.25, 0.3) is 11.6 Å². The van der Waals surface area contributed by atoms with E-state index < -0.39 is 4.92 Å². The molecule has 2 rings (SSSR count). The number of carbonyl (C=O) groups excluding carboxylic acids is 1. The zero-order chi connectivity index (χ0) is 18.4. The van der Waals surface area contributed by atoms with Crippen LogP contribution in [0.5, 0.6) is 5.75 Å². The average molecular weight is 407 g/mol. The first-order valence-corrected chi connectivity index (χ1v) is 8.64. The average Bonchev–Trinajstić information content (AvgIpc) is 2.56. The Bertz CT molecular complexity index is 760. The maximum absolute atomic E-state index is 12.3. The lowest BCUT2D eigenvalue weighted by Gasteiger charge is -2.11. The number of halogens is 1. The summed E-state index contributed by atoms with van der Waals surface area (Å²) in [5.74, 6) is 0.946. The highest BCUT2D eigenvalue weighted by Crippen LogP contribution is 2.27. The molecule has 2 aromatic carbocycles. The number of nitro benzene ring substituents is 1. The van der Waals surface area contributed by atoms with Crippen LogP contribution >= 0.6 is 15.9 Å². The molecule has 1 N–H and O–H groups in total. The van der Waals surface area contributed by atoms with Crippen LogP contribution in [0.15, 0.2) is 46.9 Å². The Morgan fingerprint density at radius 2 is 1.92 bits per heavy atom. The number of carbonyl (C=O) groups is 1. The van der Waals surface area contributed by atoms with Gasteiger partial charge in [0, 0.05) is 23.4 Å². The molecule has 0 heterocycles. The fourth-order valence-corrected chi connectivity index (χ4v) is 2.53. The quantitative estimate of drug-likeness (QED) is 0.515. The van der Waals surface area contributed by atoms with E-state index >= 15 is 0 Å². The van der Waals surface area contributed by atoms with Crippen LogP contribution in [0, 0.1) is 16.0 Å². The molecule has 2 aromatic rings. The number of rotatable bonds is 7. The van der Waals surface area contributed by atoms with Crippen molar-refractivity contribution in [2.24, 2.45) is 5.92 Å². The molecule has 25 heavy (non-hydrogen) atoms. The van der Waals surface area contributed by atoms with E-state index in [1.165, 1.54) is 24.3 Å². The third-order valence-electron chi connectivity index (χ3n) is 3.48. The highest BCUT2D eigenvalue weighted by Gasteiger charge is 2.11. The monoisotopic (exact) mass is 406 g/mol. The van der Waals surface area contributed by atoms with Crippen molar-refractivity contribution >= 4 is 33.2 Å². The van der Waals surface area contributed by atoms with E-state index in [0.717, 1.165) is 6.42 Å². The molecule has 0 saturated heterocycles. The van der Waals surface area contributed by atoms with Crippen LogP contribution in [0.3, 0.4) is 0 Å². The molecule has 0 aliphatic heterocycles. The van der Waals surface area contributed by atoms with E-state index in [4.69, 9.17) is 4.74 Å². The summed E-state index contributed by atoms with van der Waals surface area (Å²) in [6, 6.07) is 10.8. The van der Waals surface area contributed by atoms with Crippen LogP contribution in [0.25, 0.3) is 0 Å². The Morgan fingerprint density at radius 3 is 2.48 bits per heavy atom. The molecular weight excluding hydrogens is 388 g/mol. The molecule has 0 bridgehead atoms. The van der Waals surface area contributed by atoms with Gasteiger partial charge in [-0.1, -0.05) is 13.8 Å². The molecule has 0 fully saturated rings. The van der Waals surface area contributed by atoms with E-state index in [1.54, 1.807) is 18.2 Å². The zero-order valence-electron chi connectivity index (χ0n) is 14.0. The molecule has 0 unspecified atom stereocenters. The number of nitrogens with one attached hydrogen (secondary N) is 1. The normalized spacial score (nSPS) is 10.6. The molecule has 0 aliphatic carbocycles. The fraction of sp³-hybridized carbons (Fsp3) is 0.278. The van der Waals surface area contributed by atoms with Crippen LogP contribution in [-0.2, 0) is 0 Å². The standard InChI is InChI=1S/C18H19BrN2O4/c1-12(2)9-10-25-17-8-3-13(11-16(17)19)18(22)20-14-4-6-15(7-5-14)21(23)24/h3-8,11-12H,9-10H2,1-2H3,(H,20,22). The second kappa shape index (κ2) is 8.62. The Morgan fingerprint density at radius 1 is 1.24 bits per heavy atom. The van der Waals surface area contributed by atoms with Gasteiger partial charge in [0.15, 0.2) is 0 Å². The first-order valence-electron chi connectivity index (χ1n) is 7.85. The first-order chi connectivity index (χ1) is 11.9. The van der Waals surface area contributed by atoms with Crippen molar-refractivity contribution in [1.82, 2.24) is 0 Å². The minimum absolute atomic E-state index is 0.0244. The minimum atomic E-state index is -0.485. The topological polar surface area (TPSA) is 81.5 Å². The maximum atomic E-state index is 12.3. The summed E-state index contributed by atoms with van der Waals surface area (Å²) in [5.41, 5.74) is 0.925. The lowest BCUT2D eigenvalue weighted by molar-refractivity contribution is -0.384. The molecular formula is C18H19BrN2O4. The Balaban J connectivity index is 2.01. The molecule has 7 heteroatoms. The van der Waals surface area contributed by atoms with Gasteiger partial charge in [-0.2, -0.15) is 0 Å². The van der Waals surface area contributed by atoms with E-state index in [2.05, 4.69) is 35.1 Å². The summed E-state index contributed by atoms with van der Waals surface area (Å²) < 4.78 is 6.40. The van der Waals surface area contributed by atoms with Gasteiger partial charge in [-0.3, -0.25) is 14.9 Å². The highest BCUT2D eigenvalue weighted by atomic mass is 79.9. The predicted molar refractivity (Wildman–Crippen MR) is 100 cm³/mol. The largest absolute Gasteiger partial charge is 0.492 e. The molecule has 6 nitrogen and oxygen atoms in total. The van der Waals surface area contributed by atoms with E-state index in [1.807, 2.05) is 0 Å². The summed E-state index contributed by atoms with van der Waals surface area (Å²) in [5, 5.41) is 13.3. The van der Waals surface area contributed by atoms with Crippen LogP contribution in [0.4, 0.5) is 11.4 Å². The van der Waals surface area contributed by atoms with Crippen molar-refractivity contribution in [3.8, 4) is 5.75 Å². The summed E-state index contributed by atoms with van der Waals surface area (Å²) in [6.07, 6.45) is 0.953. The number of anilines is 1. The van der Waals surface area contributed by atoms with E-state index in [-0.39, 0.29) is 11.6 Å². The minimum Gasteiger partial charge on any atom is -0.492 e. The maximum Gasteiger partial charge on any atom is 0.269 e. The van der Waals surface area contributed by atoms with Gasteiger partial charge in [-0.05, 0) is 58.6 Å². The van der Waals surface area contributed by atoms with Crippen molar-refractivity contribution < 1.29 is 14.5 Å². The molecule has 0 saturated carbocycles. The molecule has 0 aromatic heterocycles. The molecule has 0 radical (unpaired) electrons. The van der Waals surface area contributed by atoms with Crippen LogP contribution in [0.1, 0.15) is 30.6 Å². The molecule has 0 aliphatic rings. The second-order valence-corrected chi connectivity index (χ2v) is 6.79. The van der Waals surface area contributed by atoms with Gasteiger partial charge in [-0.25, -0.2) is 0 Å². The van der Waals surface area contributed by atoms with Crippen molar-refractivity contribution in [1.29, 1.82) is 0 Å². The summed E-state index contributed by atoms with van der Waals surface area (Å²) in [4.78, 5) is 22.4. The SMILES string of the molecule is CC(C)CCOc1ccc(C(=O)Nc2ccc([N+](=O)[O-])cc2)cc1Br. The number of hydrogen-bond acceptors (Lipinski definition) is 4. The van der Waals surface area contributed by atoms with Gasteiger partial charge in [-0.15, -0.1) is 0 Å². The molecule has 1 amide bonds. The van der Waals surface area contributed by atoms with E-state index in [0.29, 0.717) is 34.0 Å². The Labute approximate surface area is 154 Å². The zero-order valence-corrected chi connectivity index (χ0v) is 15.6. The van der Waals surface area contributed by atoms with Crippen molar-refractivity contribution in [2.45, 2.75) is 20.3 Å². The van der Waals surface area contributed by atoms with Crippen LogP contribution in [-0.4, -0.2) is 17.4 Å². The third-order valence-corrected chi connectivity index (χ3v) is 4.10. The van der Waals surface area contributed by atoms with Gasteiger partial charge >= 0.3 is 0 Å². The second-order valence-electron chi connectivity index (χ2n) is 5.93. The molecule has 0 atom stereocenters. The molecule has 132 valence electrons. The van der Waals surface area contributed by atoms with E-state index in [9.17, 15) is 14.9 Å². The number of amides is 1. The van der Waals surface area contributed by atoms with Gasteiger partial charge in [0.2, 0.25) is 0 Å². The van der Waals surface area contributed by atoms with Crippen LogP contribution < -0.4 is 10.1 Å². The lowest BCUT2D eigenvalue weighted by atomic mass is 10.1. The summed E-state index contributed by atoms with van der Waals surface area (Å²) in [7, 11) is 0. The van der Waals surface area contributed by atoms with Gasteiger partial charge in [0.1, 0.15) is 5.75 Å². The number of non-ortho nitro benzene ring substituents is 1. The number of hydrogen-bond donors (Lipinski definition) is 1. The van der Waals surface area contributed by atoms with Gasteiger partial charge in [0.05, 0.1) is 16.0 Å². The van der Waals surface area contributed by atoms with Gasteiger partial charge < -0.3 is 10.1 Å². The lowest BCUT2D eigenvalue weighted by Crippen LogP contribution is -2.12. The Hall–Kier alpha value is -2.41. The molecule has 0 spiro atoms. The van der Waals surface area contributed by atoms with Crippen molar-refractivity contribution in [2.75, 3.05) is 11.9 Å². The third kappa shape index (κ3) is 5.56. The number of nitrogens with zero attached hydrogens (tertiary/aromatic N) is 1. The number of ether oxygens (including phenoxy) is 1. The number of nitro groups is 1. The predicted octanol–water partition coefficient (Wildman–Crippen LogP) is 5.03. The smallest absolute Gasteiger partial charge is 0.269 e. The van der Waals surface area contributed by atoms with Crippen LogP contribution in [0.2, 0.25) is 0 Å². The fourth-order valence-electron chi connectivity index (χ4n) is 2.03. The number of benzene rings is 2. The highest BCUT2D eigenvalue weighted by molar-refractivity contribution is 9.10. The first kappa shape index (κ1) is 18.9. The van der Waals surface area contributed by atoms with Crippen molar-refractivity contribution in [3.63, 3.8) is 0 Å². The Kier molecular flexibility index (Phi) is 6.52.